The van der Waals surface area contributed by atoms with Crippen molar-refractivity contribution in [3.05, 3.63) is 90.3 Å². The second-order valence-electron chi connectivity index (χ2n) is 6.96. The minimum absolute atomic E-state index is 0.132. The van der Waals surface area contributed by atoms with Crippen molar-refractivity contribution in [3.63, 3.8) is 0 Å². The zero-order valence-corrected chi connectivity index (χ0v) is 17.7. The van der Waals surface area contributed by atoms with Gasteiger partial charge >= 0.3 is 0 Å². The lowest BCUT2D eigenvalue weighted by molar-refractivity contribution is 0.102. The summed E-state index contributed by atoms with van der Waals surface area (Å²) in [7, 11) is 0. The van der Waals surface area contributed by atoms with E-state index in [-0.39, 0.29) is 5.91 Å². The molecule has 0 spiro atoms. The number of nitrogens with one attached hydrogen (secondary N) is 1. The van der Waals surface area contributed by atoms with Crippen LogP contribution >= 0.6 is 23.5 Å². The molecule has 1 fully saturated rings. The number of para-hydroxylation sites is 1. The first-order valence-corrected chi connectivity index (χ1v) is 11.8. The minimum atomic E-state index is -0.132. The van der Waals surface area contributed by atoms with Gasteiger partial charge in [0, 0.05) is 40.5 Å². The number of carbonyl (C=O) groups is 1. The fourth-order valence-corrected chi connectivity index (χ4v) is 6.38. The highest BCUT2D eigenvalue weighted by Crippen LogP contribution is 2.45. The van der Waals surface area contributed by atoms with E-state index in [1.165, 1.54) is 17.1 Å². The molecule has 1 aliphatic rings. The van der Waals surface area contributed by atoms with Crippen LogP contribution in [-0.4, -0.2) is 27.4 Å². The van der Waals surface area contributed by atoms with Gasteiger partial charge in [-0.1, -0.05) is 30.3 Å². The Kier molecular flexibility index (Phi) is 5.43. The van der Waals surface area contributed by atoms with Gasteiger partial charge in [0.05, 0.1) is 21.4 Å². The van der Waals surface area contributed by atoms with Gasteiger partial charge in [-0.15, -0.1) is 23.5 Å². The van der Waals surface area contributed by atoms with Gasteiger partial charge in [0.2, 0.25) is 0 Å². The summed E-state index contributed by atoms with van der Waals surface area (Å²) in [6.07, 6.45) is 3.47. The van der Waals surface area contributed by atoms with Gasteiger partial charge in [-0.05, 0) is 42.0 Å². The van der Waals surface area contributed by atoms with Crippen molar-refractivity contribution in [3.8, 4) is 11.3 Å². The molecule has 4 nitrogen and oxygen atoms in total. The molecule has 148 valence electrons. The van der Waals surface area contributed by atoms with E-state index in [0.717, 1.165) is 27.8 Å². The SMILES string of the molecule is O=C(Nc1cccc(C2SCCS2)c1)c1cc(-c2ccncc2)nc2ccccc12. The fraction of sp³-hybridized carbons (Fsp3) is 0.125. The Bertz CT molecular complexity index is 1210. The van der Waals surface area contributed by atoms with E-state index in [1.807, 2.05) is 78.1 Å². The molecule has 1 saturated heterocycles. The first-order valence-electron chi connectivity index (χ1n) is 9.73. The van der Waals surface area contributed by atoms with Gasteiger partial charge in [-0.25, -0.2) is 4.98 Å². The van der Waals surface area contributed by atoms with Crippen LogP contribution < -0.4 is 5.32 Å². The van der Waals surface area contributed by atoms with Crippen LogP contribution in [0.5, 0.6) is 0 Å². The standard InChI is InChI=1S/C24H19N3OS2/c28-23(26-18-5-3-4-17(14-18)24-29-12-13-30-24)20-15-22(16-8-10-25-11-9-16)27-21-7-2-1-6-19(20)21/h1-11,14-15,24H,12-13H2,(H,26,28). The van der Waals surface area contributed by atoms with Crippen LogP contribution in [0.1, 0.15) is 20.5 Å². The third kappa shape index (κ3) is 3.93. The van der Waals surface area contributed by atoms with Crippen LogP contribution in [0.3, 0.4) is 0 Å². The predicted molar refractivity (Wildman–Crippen MR) is 127 cm³/mol. The predicted octanol–water partition coefficient (Wildman–Crippen LogP) is 6.03. The van der Waals surface area contributed by atoms with Gasteiger partial charge in [-0.2, -0.15) is 0 Å². The number of hydrogen-bond donors (Lipinski definition) is 1. The number of aromatic nitrogens is 2. The highest BCUT2D eigenvalue weighted by molar-refractivity contribution is 8.19. The molecule has 0 atom stereocenters. The average molecular weight is 430 g/mol. The maximum atomic E-state index is 13.3. The van der Waals surface area contributed by atoms with Gasteiger partial charge < -0.3 is 5.32 Å². The number of carbonyl (C=O) groups excluding carboxylic acids is 1. The van der Waals surface area contributed by atoms with Gasteiger partial charge in [0.1, 0.15) is 0 Å². The summed E-state index contributed by atoms with van der Waals surface area (Å²) in [5, 5.41) is 3.93. The van der Waals surface area contributed by atoms with E-state index in [9.17, 15) is 4.79 Å². The lowest BCUT2D eigenvalue weighted by atomic mass is 10.0. The van der Waals surface area contributed by atoms with Crippen LogP contribution in [0.15, 0.2) is 79.1 Å². The monoisotopic (exact) mass is 429 g/mol. The second-order valence-corrected chi connectivity index (χ2v) is 9.69. The Morgan fingerprint density at radius 2 is 1.73 bits per heavy atom. The Balaban J connectivity index is 1.51. The molecular formula is C24H19N3OS2. The zero-order valence-electron chi connectivity index (χ0n) is 16.1. The number of anilines is 1. The van der Waals surface area contributed by atoms with E-state index in [2.05, 4.69) is 22.4 Å². The lowest BCUT2D eigenvalue weighted by Gasteiger charge is -2.13. The third-order valence-electron chi connectivity index (χ3n) is 4.98. The molecule has 1 amide bonds. The van der Waals surface area contributed by atoms with Crippen molar-refractivity contribution < 1.29 is 4.79 Å². The number of pyridine rings is 2. The third-order valence-corrected chi connectivity index (χ3v) is 8.08. The lowest BCUT2D eigenvalue weighted by Crippen LogP contribution is -2.13. The van der Waals surface area contributed by atoms with Crippen molar-refractivity contribution in [2.45, 2.75) is 4.58 Å². The molecule has 1 N–H and O–H groups in total. The maximum absolute atomic E-state index is 13.3. The van der Waals surface area contributed by atoms with E-state index >= 15 is 0 Å². The molecule has 5 rings (SSSR count). The topological polar surface area (TPSA) is 54.9 Å². The van der Waals surface area contributed by atoms with Crippen LogP contribution in [0.25, 0.3) is 22.2 Å². The summed E-state index contributed by atoms with van der Waals surface area (Å²) < 4.78 is 0.446. The van der Waals surface area contributed by atoms with Crippen molar-refractivity contribution in [1.29, 1.82) is 0 Å². The van der Waals surface area contributed by atoms with Crippen LogP contribution in [0.2, 0.25) is 0 Å². The molecule has 4 aromatic rings. The van der Waals surface area contributed by atoms with Crippen molar-refractivity contribution >= 4 is 46.0 Å². The summed E-state index contributed by atoms with van der Waals surface area (Å²) in [6.45, 7) is 0. The van der Waals surface area contributed by atoms with Gasteiger partial charge in [-0.3, -0.25) is 9.78 Å². The number of fused-ring (bicyclic) bond motifs is 1. The minimum Gasteiger partial charge on any atom is -0.322 e. The summed E-state index contributed by atoms with van der Waals surface area (Å²) in [5.41, 5.74) is 5.16. The molecule has 2 aromatic carbocycles. The maximum Gasteiger partial charge on any atom is 0.256 e. The van der Waals surface area contributed by atoms with E-state index < -0.39 is 0 Å². The molecule has 0 saturated carbocycles. The summed E-state index contributed by atoms with van der Waals surface area (Å²) >= 11 is 3.92. The number of amides is 1. The van der Waals surface area contributed by atoms with Crippen LogP contribution in [0.4, 0.5) is 5.69 Å². The smallest absolute Gasteiger partial charge is 0.256 e. The number of hydrogen-bond acceptors (Lipinski definition) is 5. The molecule has 0 unspecified atom stereocenters. The molecule has 0 bridgehead atoms. The molecule has 1 aliphatic heterocycles. The van der Waals surface area contributed by atoms with E-state index in [4.69, 9.17) is 4.98 Å². The first-order chi connectivity index (χ1) is 14.8. The molecular weight excluding hydrogens is 410 g/mol. The number of benzene rings is 2. The Hall–Kier alpha value is -2.83. The van der Waals surface area contributed by atoms with Crippen molar-refractivity contribution in [2.75, 3.05) is 16.8 Å². The quantitative estimate of drug-likeness (QED) is 0.429. The zero-order chi connectivity index (χ0) is 20.3. The largest absolute Gasteiger partial charge is 0.322 e. The van der Waals surface area contributed by atoms with Crippen LogP contribution in [-0.2, 0) is 0 Å². The molecule has 2 aromatic heterocycles. The molecule has 30 heavy (non-hydrogen) atoms. The van der Waals surface area contributed by atoms with E-state index in [1.54, 1.807) is 12.4 Å². The Morgan fingerprint density at radius 3 is 2.57 bits per heavy atom. The first kappa shape index (κ1) is 19.2. The van der Waals surface area contributed by atoms with Gasteiger partial charge in [0.25, 0.3) is 5.91 Å². The molecule has 6 heteroatoms. The van der Waals surface area contributed by atoms with Crippen molar-refractivity contribution in [1.82, 2.24) is 9.97 Å². The summed E-state index contributed by atoms with van der Waals surface area (Å²) in [5.74, 6) is 2.21. The second kappa shape index (κ2) is 8.50. The van der Waals surface area contributed by atoms with Crippen molar-refractivity contribution in [2.24, 2.45) is 0 Å². The molecule has 3 heterocycles. The Labute approximate surface area is 183 Å². The highest BCUT2D eigenvalue weighted by Gasteiger charge is 2.19. The number of nitrogens with zero attached hydrogens (tertiary/aromatic N) is 2. The number of rotatable bonds is 4. The van der Waals surface area contributed by atoms with E-state index in [0.29, 0.717) is 10.1 Å². The van der Waals surface area contributed by atoms with Crippen LogP contribution in [0, 0.1) is 0 Å². The highest BCUT2D eigenvalue weighted by atomic mass is 32.2. The molecule has 0 radical (unpaired) electrons. The normalized spacial score (nSPS) is 14.1. The Morgan fingerprint density at radius 1 is 0.933 bits per heavy atom. The number of thioether (sulfide) groups is 2. The summed E-state index contributed by atoms with van der Waals surface area (Å²) in [6, 6.07) is 21.6. The molecule has 0 aliphatic carbocycles. The average Bonchev–Trinajstić information content (AvgIpc) is 3.34. The summed E-state index contributed by atoms with van der Waals surface area (Å²) in [4.78, 5) is 22.1. The fourth-order valence-electron chi connectivity index (χ4n) is 3.55. The van der Waals surface area contributed by atoms with Gasteiger partial charge in [0.15, 0.2) is 0 Å².